The molecule has 1 aromatic carbocycles. The fourth-order valence-corrected chi connectivity index (χ4v) is 7.64. The van der Waals surface area contributed by atoms with Crippen molar-refractivity contribution in [1.29, 1.82) is 0 Å². The number of anilines is 2. The number of carboxylic acid groups (broad SMARTS) is 1. The van der Waals surface area contributed by atoms with Crippen LogP contribution in [0, 0.1) is 19.7 Å². The van der Waals surface area contributed by atoms with Gasteiger partial charge in [0.25, 0.3) is 0 Å². The molecule has 3 aliphatic rings. The largest absolute Gasteiger partial charge is 0.472 e. The maximum Gasteiger partial charge on any atom is 0.412 e. The van der Waals surface area contributed by atoms with Crippen molar-refractivity contribution < 1.29 is 28.6 Å². The Morgan fingerprint density at radius 1 is 1.23 bits per heavy atom. The zero-order chi connectivity index (χ0) is 31.8. The van der Waals surface area contributed by atoms with Crippen LogP contribution in [-0.4, -0.2) is 79.8 Å². The van der Waals surface area contributed by atoms with Crippen molar-refractivity contribution in [3.8, 4) is 17.1 Å². The van der Waals surface area contributed by atoms with Crippen molar-refractivity contribution in [2.45, 2.75) is 89.4 Å². The van der Waals surface area contributed by atoms with Crippen LogP contribution in [-0.2, 0) is 4.74 Å². The minimum absolute atomic E-state index is 0.00488. The van der Waals surface area contributed by atoms with Crippen LogP contribution < -0.4 is 15.0 Å². The molecule has 0 saturated carbocycles. The molecule has 2 N–H and O–H groups in total. The number of nitrogens with zero attached hydrogens (tertiary/aromatic N) is 5. The summed E-state index contributed by atoms with van der Waals surface area (Å²) in [7, 11) is 0. The van der Waals surface area contributed by atoms with Crippen molar-refractivity contribution in [3.63, 3.8) is 0 Å². The molecule has 2 aromatic heterocycles. The lowest BCUT2D eigenvalue weighted by Crippen LogP contribution is -2.64. The number of benzene rings is 1. The molecule has 6 rings (SSSR count). The fraction of sp³-hybridized carbons (Fsp3) is 0.500. The van der Waals surface area contributed by atoms with Crippen LogP contribution in [0.15, 0.2) is 15.7 Å². The molecule has 4 unspecified atom stereocenters. The van der Waals surface area contributed by atoms with Gasteiger partial charge in [0.2, 0.25) is 5.88 Å². The first-order chi connectivity index (χ1) is 20.7. The van der Waals surface area contributed by atoms with Gasteiger partial charge < -0.3 is 19.5 Å². The van der Waals surface area contributed by atoms with Gasteiger partial charge in [-0.25, -0.2) is 28.9 Å². The summed E-state index contributed by atoms with van der Waals surface area (Å²) in [6.07, 6.45) is 1.18. The Bertz CT molecular complexity index is 1720. The number of pyridine rings is 1. The Morgan fingerprint density at radius 3 is 2.61 bits per heavy atom. The van der Waals surface area contributed by atoms with Crippen molar-refractivity contribution >= 4 is 62.3 Å². The minimum atomic E-state index is -0.953. The van der Waals surface area contributed by atoms with E-state index in [4.69, 9.17) is 19.4 Å². The molecule has 3 aromatic rings. The van der Waals surface area contributed by atoms with Gasteiger partial charge in [-0.2, -0.15) is 0 Å². The van der Waals surface area contributed by atoms with Crippen molar-refractivity contribution in [1.82, 2.24) is 19.9 Å². The average Bonchev–Trinajstić information content (AvgIpc) is 3.19. The number of aryl methyl sites for hydroxylation is 1. The third kappa shape index (κ3) is 4.99. The van der Waals surface area contributed by atoms with E-state index >= 15 is 4.39 Å². The number of nitrogens with one attached hydrogen (secondary N) is 1. The predicted molar refractivity (Wildman–Crippen MR) is 169 cm³/mol. The molecule has 44 heavy (non-hydrogen) atoms. The van der Waals surface area contributed by atoms with Crippen LogP contribution in [0.5, 0.6) is 5.88 Å². The third-order valence-electron chi connectivity index (χ3n) is 8.45. The van der Waals surface area contributed by atoms with Crippen LogP contribution >= 0.6 is 27.7 Å². The lowest BCUT2D eigenvalue weighted by atomic mass is 9.98. The molecule has 2 bridgehead atoms. The van der Waals surface area contributed by atoms with Gasteiger partial charge in [0.1, 0.15) is 34.1 Å². The van der Waals surface area contributed by atoms with E-state index in [0.29, 0.717) is 50.6 Å². The molecule has 11 nitrogen and oxygen atoms in total. The number of fused-ring (bicyclic) bond motifs is 5. The monoisotopic (exact) mass is 688 g/mol. The quantitative estimate of drug-likeness (QED) is 0.225. The summed E-state index contributed by atoms with van der Waals surface area (Å²) in [5.41, 5.74) is 1.57. The Labute approximate surface area is 267 Å². The van der Waals surface area contributed by atoms with Crippen LogP contribution in [0.1, 0.15) is 51.7 Å². The molecular weight excluding hydrogens is 655 g/mol. The van der Waals surface area contributed by atoms with Gasteiger partial charge in [0.05, 0.1) is 18.1 Å². The van der Waals surface area contributed by atoms with E-state index in [1.807, 2.05) is 20.1 Å². The van der Waals surface area contributed by atoms with E-state index in [-0.39, 0.29) is 35.2 Å². The zero-order valence-electron chi connectivity index (χ0n) is 25.5. The number of aromatic nitrogens is 3. The highest BCUT2D eigenvalue weighted by Gasteiger charge is 2.53. The Morgan fingerprint density at radius 2 is 1.95 bits per heavy atom. The van der Waals surface area contributed by atoms with Crippen molar-refractivity contribution in [3.05, 3.63) is 27.5 Å². The average molecular weight is 690 g/mol. The second-order valence-corrected chi connectivity index (χ2v) is 14.0. The van der Waals surface area contributed by atoms with E-state index in [0.717, 1.165) is 12.0 Å². The third-order valence-corrected chi connectivity index (χ3v) is 10.0. The minimum Gasteiger partial charge on any atom is -0.472 e. The van der Waals surface area contributed by atoms with Crippen LogP contribution in [0.3, 0.4) is 0 Å². The van der Waals surface area contributed by atoms with Crippen LogP contribution in [0.2, 0.25) is 0 Å². The molecule has 0 radical (unpaired) electrons. The number of carbonyl (C=O) groups is 2. The maximum absolute atomic E-state index is 16.8. The fourth-order valence-electron chi connectivity index (χ4n) is 6.68. The Hall–Kier alpha value is -3.39. The number of amides is 2. The normalized spacial score (nSPS) is 22.4. The van der Waals surface area contributed by atoms with Gasteiger partial charge >= 0.3 is 12.2 Å². The summed E-state index contributed by atoms with van der Waals surface area (Å²) in [5.74, 6) is 0.0197. The van der Waals surface area contributed by atoms with Crippen molar-refractivity contribution in [2.75, 3.05) is 23.0 Å². The van der Waals surface area contributed by atoms with E-state index in [9.17, 15) is 14.7 Å². The number of rotatable bonds is 3. The molecule has 3 aliphatic heterocycles. The van der Waals surface area contributed by atoms with Gasteiger partial charge in [-0.3, -0.25) is 10.2 Å². The topological polar surface area (TPSA) is 130 Å². The standard InChI is InChI=1S/C30H34BrFN6O5S/c1-12-10-16(33-28(39)43-30(4,5)6)13(2)18(20(12)31)22-21(32)23-19-25(36-27(35-23)44-7)37-11-15-8-9-17(38(15)29(40)41)24(37)14(3)42-26(19)34-22/h10,14-15,17,24H,8-9,11H2,1-7H3,(H,33,39)(H,40,41). The summed E-state index contributed by atoms with van der Waals surface area (Å²) in [5, 5.41) is 13.5. The van der Waals surface area contributed by atoms with Crippen LogP contribution in [0.4, 0.5) is 25.5 Å². The molecule has 2 fully saturated rings. The number of carbonyl (C=O) groups excluding carboxylic acids is 1. The van der Waals surface area contributed by atoms with E-state index in [2.05, 4.69) is 31.1 Å². The Balaban J connectivity index is 1.54. The highest BCUT2D eigenvalue weighted by Crippen LogP contribution is 2.47. The lowest BCUT2D eigenvalue weighted by molar-refractivity contribution is 0.0634. The second-order valence-electron chi connectivity index (χ2n) is 12.5. The molecule has 0 spiro atoms. The molecule has 2 amide bonds. The van der Waals surface area contributed by atoms with Gasteiger partial charge in [0.15, 0.2) is 11.0 Å². The highest BCUT2D eigenvalue weighted by molar-refractivity contribution is 9.10. The van der Waals surface area contributed by atoms with E-state index in [1.54, 1.807) is 33.8 Å². The number of halogens is 2. The lowest BCUT2D eigenvalue weighted by Gasteiger charge is -2.47. The molecule has 234 valence electrons. The maximum atomic E-state index is 16.8. The van der Waals surface area contributed by atoms with E-state index < -0.39 is 29.7 Å². The summed E-state index contributed by atoms with van der Waals surface area (Å²) in [6.45, 7) is 11.2. The summed E-state index contributed by atoms with van der Waals surface area (Å²) < 4.78 is 29.4. The molecule has 14 heteroatoms. The number of hydrogen-bond acceptors (Lipinski definition) is 9. The zero-order valence-corrected chi connectivity index (χ0v) is 27.9. The van der Waals surface area contributed by atoms with E-state index in [1.165, 1.54) is 16.7 Å². The number of ether oxygens (including phenoxy) is 2. The predicted octanol–water partition coefficient (Wildman–Crippen LogP) is 6.76. The smallest absolute Gasteiger partial charge is 0.412 e. The summed E-state index contributed by atoms with van der Waals surface area (Å²) in [6, 6.07) is 0.920. The van der Waals surface area contributed by atoms with Crippen molar-refractivity contribution in [2.24, 2.45) is 0 Å². The summed E-state index contributed by atoms with van der Waals surface area (Å²) >= 11 is 4.93. The molecule has 5 heterocycles. The van der Waals surface area contributed by atoms with Gasteiger partial charge in [-0.1, -0.05) is 11.8 Å². The highest BCUT2D eigenvalue weighted by atomic mass is 79.9. The SMILES string of the molecule is CSc1nc2c3c(nc(-c4c(C)c(NC(=O)OC(C)(C)C)cc(C)c4Br)c(F)c3n1)OC(C)C1C3CCC(CN21)N3C(=O)O. The second kappa shape index (κ2) is 10.9. The molecule has 2 saturated heterocycles. The van der Waals surface area contributed by atoms with Crippen LogP contribution in [0.25, 0.3) is 22.2 Å². The number of thioether (sulfide) groups is 1. The number of hydrogen-bond donors (Lipinski definition) is 2. The first-order valence-electron chi connectivity index (χ1n) is 14.4. The first kappa shape index (κ1) is 30.6. The van der Waals surface area contributed by atoms with Gasteiger partial charge in [0, 0.05) is 22.3 Å². The van der Waals surface area contributed by atoms with Gasteiger partial charge in [-0.15, -0.1) is 0 Å². The first-order valence-corrected chi connectivity index (χ1v) is 16.4. The summed E-state index contributed by atoms with van der Waals surface area (Å²) in [4.78, 5) is 42.7. The van der Waals surface area contributed by atoms with Gasteiger partial charge in [-0.05, 0) is 93.8 Å². The molecular formula is C30H34BrFN6O5S. The number of piperazine rings is 1. The molecule has 0 aliphatic carbocycles. The molecule has 4 atom stereocenters. The Kier molecular flexibility index (Phi) is 7.59.